The summed E-state index contributed by atoms with van der Waals surface area (Å²) in [6.45, 7) is 7.95. The number of hydrogen-bond acceptors (Lipinski definition) is 5. The fourth-order valence-electron chi connectivity index (χ4n) is 6.08. The van der Waals surface area contributed by atoms with E-state index in [1.807, 2.05) is 0 Å². The van der Waals surface area contributed by atoms with E-state index >= 15 is 0 Å². The number of hydrogen-bond donors (Lipinski definition) is 1. The third-order valence-corrected chi connectivity index (χ3v) is 10.0. The smallest absolute Gasteiger partial charge is 0.306 e. The molecule has 0 heterocycles. The minimum absolute atomic E-state index is 0. The molecule has 0 saturated heterocycles. The van der Waals surface area contributed by atoms with Crippen LogP contribution in [-0.2, 0) is 18.5 Å². The Morgan fingerprint density at radius 1 is 0.735 bits per heavy atom. The quantitative estimate of drug-likeness (QED) is 0.0218. The van der Waals surface area contributed by atoms with Gasteiger partial charge >= 0.3 is 5.97 Å². The predicted molar refractivity (Wildman–Crippen MR) is 215 cm³/mol. The van der Waals surface area contributed by atoms with Crippen LogP contribution in [0.5, 0.6) is 0 Å². The number of rotatable bonds is 40. The van der Waals surface area contributed by atoms with E-state index in [0.29, 0.717) is 32.4 Å². The van der Waals surface area contributed by atoms with Gasteiger partial charge in [0.2, 0.25) is 5.91 Å². The van der Waals surface area contributed by atoms with E-state index in [1.165, 1.54) is 122 Å². The van der Waals surface area contributed by atoms with Crippen LogP contribution in [0.3, 0.4) is 0 Å². The molecule has 0 rings (SSSR count). The zero-order valence-corrected chi connectivity index (χ0v) is 38.8. The molecule has 1 N–H and O–H groups in total. The maximum atomic E-state index is 12.8. The maximum Gasteiger partial charge on any atom is 0.306 e. The summed E-state index contributed by atoms with van der Waals surface area (Å²) in [6, 6.07) is -0.279. The van der Waals surface area contributed by atoms with Gasteiger partial charge in [-0.1, -0.05) is 170 Å². The molecule has 0 fully saturated rings. The van der Waals surface area contributed by atoms with Crippen LogP contribution < -0.4 is 5.32 Å². The Labute approximate surface area is 350 Å². The van der Waals surface area contributed by atoms with Gasteiger partial charge in [-0.15, -0.1) is 13.1 Å². The van der Waals surface area contributed by atoms with Crippen LogP contribution >= 0.6 is 19.3 Å². The predicted octanol–water partition coefficient (Wildman–Crippen LogP) is 12.2. The summed E-state index contributed by atoms with van der Waals surface area (Å²) in [5.74, 6) is -0.0622. The second kappa shape index (κ2) is 43.6. The molecule has 0 bridgehead atoms. The summed E-state index contributed by atoms with van der Waals surface area (Å²) in [4.78, 5) is 25.5. The van der Waals surface area contributed by atoms with E-state index < -0.39 is 7.61 Å². The normalized spacial score (nSPS) is 13.5. The molecular weight excluding hydrogens is 861 g/mol. The summed E-state index contributed by atoms with van der Waals surface area (Å²) < 4.78 is 26.7. The van der Waals surface area contributed by atoms with Crippen molar-refractivity contribution in [2.45, 2.75) is 219 Å². The van der Waals surface area contributed by atoms with Crippen LogP contribution in [0.1, 0.15) is 207 Å². The zero-order chi connectivity index (χ0) is 36.8. The molecule has 286 valence electrons. The van der Waals surface area contributed by atoms with Crippen molar-refractivity contribution in [3.05, 3.63) is 5.32 Å². The van der Waals surface area contributed by atoms with Gasteiger partial charge in [0.15, 0.2) is 0 Å². The monoisotopic (exact) mass is 943 g/mol. The van der Waals surface area contributed by atoms with Gasteiger partial charge in [-0.2, -0.15) is 0 Å². The third kappa shape index (κ3) is 40.2. The number of unbranched alkanes of at least 4 members (excludes halogenated alkanes) is 22. The van der Waals surface area contributed by atoms with Crippen molar-refractivity contribution < 1.29 is 62.6 Å². The van der Waals surface area contributed by atoms with E-state index in [-0.39, 0.29) is 74.7 Å². The third-order valence-electron chi connectivity index (χ3n) is 9.11. The molecule has 0 spiro atoms. The summed E-state index contributed by atoms with van der Waals surface area (Å²) in [5, 5.41) is 7.85. The van der Waals surface area contributed by atoms with Gasteiger partial charge in [0.05, 0.1) is 7.89 Å². The number of amides is 1. The Morgan fingerprint density at radius 2 is 1.20 bits per heavy atom. The van der Waals surface area contributed by atoms with E-state index in [2.05, 4.69) is 26.1 Å². The molecule has 0 aromatic carbocycles. The Hall–Kier alpha value is 1.15. The summed E-state index contributed by atoms with van der Waals surface area (Å²) in [7, 11) is -0.326. The second-order valence-corrected chi connectivity index (χ2v) is 15.5. The Balaban J connectivity index is 0. The van der Waals surface area contributed by atoms with Crippen molar-refractivity contribution in [1.82, 2.24) is 5.32 Å². The number of nitrogens with zero attached hydrogens (tertiary/aromatic N) is 1. The van der Waals surface area contributed by atoms with Gasteiger partial charge in [-0.3, -0.25) is 9.59 Å². The molecule has 6 nitrogen and oxygen atoms in total. The molecule has 0 aliphatic heterocycles. The fraction of sp³-hybridized carbons (Fsp3) is 0.949. The number of esters is 1. The first-order valence-corrected chi connectivity index (χ1v) is 22.7. The molecular formula is C39H78AcBN2O4PS-. The van der Waals surface area contributed by atoms with Crippen LogP contribution in [0.2, 0.25) is 0 Å². The minimum atomic E-state index is -1.41. The van der Waals surface area contributed by atoms with Crippen LogP contribution in [0, 0.1) is 44.1 Å². The molecule has 0 aliphatic carbocycles. The molecule has 10 heteroatoms. The van der Waals surface area contributed by atoms with Crippen LogP contribution in [-0.4, -0.2) is 53.9 Å². The number of carbonyl (C=O) groups is 2. The molecule has 0 aromatic heterocycles. The van der Waals surface area contributed by atoms with E-state index in [1.54, 1.807) is 0 Å². The fourth-order valence-corrected chi connectivity index (χ4v) is 6.73. The van der Waals surface area contributed by atoms with Gasteiger partial charge in [-0.05, 0) is 33.4 Å². The van der Waals surface area contributed by atoms with E-state index in [0.717, 1.165) is 64.1 Å². The van der Waals surface area contributed by atoms with Crippen molar-refractivity contribution in [2.24, 2.45) is 0 Å². The average Bonchev–Trinajstić information content (AvgIpc) is 3.11. The van der Waals surface area contributed by atoms with Gasteiger partial charge in [0, 0.05) is 74.6 Å². The summed E-state index contributed by atoms with van der Waals surface area (Å²) >= 11 is 0.986. The SMILES string of the molecule is [2H]P([B][3H])SOC[C@@H](C[N-]CC[C@@H](CCCCCCC)OC(=O)CCCCCCCCCCC)NC(=O)CCCCCCCCCCCCC.[Ac]. The van der Waals surface area contributed by atoms with Crippen LogP contribution in [0.4, 0.5) is 0 Å². The van der Waals surface area contributed by atoms with Gasteiger partial charge in [0.1, 0.15) is 13.6 Å². The van der Waals surface area contributed by atoms with Crippen molar-refractivity contribution in [3.63, 3.8) is 0 Å². The van der Waals surface area contributed by atoms with Crippen molar-refractivity contribution >= 4 is 38.7 Å². The van der Waals surface area contributed by atoms with Crippen LogP contribution in [0.25, 0.3) is 5.32 Å². The first kappa shape index (κ1) is 48.2. The minimum Gasteiger partial charge on any atom is -0.660 e. The Kier molecular flexibility index (Phi) is 42.8. The number of carbonyl (C=O) groups excluding carboxylic acids is 2. The van der Waals surface area contributed by atoms with Crippen molar-refractivity contribution in [3.8, 4) is 0 Å². The Bertz CT molecular complexity index is 757. The van der Waals surface area contributed by atoms with Gasteiger partial charge < -0.3 is 19.6 Å². The number of nitrogens with one attached hydrogen (secondary N) is 1. The molecule has 2 radical (unpaired) electrons. The van der Waals surface area contributed by atoms with Crippen LogP contribution in [0.15, 0.2) is 0 Å². The summed E-state index contributed by atoms with van der Waals surface area (Å²) in [5.41, 5.74) is 0. The summed E-state index contributed by atoms with van der Waals surface area (Å²) in [6.07, 6.45) is 33.1. The first-order chi connectivity index (χ1) is 24.5. The first-order valence-electron chi connectivity index (χ1n) is 21.4. The van der Waals surface area contributed by atoms with Gasteiger partial charge in [-0.25, -0.2) is 0 Å². The molecule has 3 atom stereocenters. The molecule has 1 unspecified atom stereocenters. The topological polar surface area (TPSA) is 78.7 Å². The second-order valence-electron chi connectivity index (χ2n) is 13.8. The molecule has 0 saturated carbocycles. The number of ether oxygens (including phenoxy) is 1. The molecule has 0 aromatic rings. The Morgan fingerprint density at radius 3 is 1.71 bits per heavy atom. The largest absolute Gasteiger partial charge is 0.660 e. The molecule has 1 amide bonds. The van der Waals surface area contributed by atoms with Gasteiger partial charge in [0.25, 0.3) is 0 Å². The molecule has 49 heavy (non-hydrogen) atoms. The van der Waals surface area contributed by atoms with E-state index in [4.69, 9.17) is 16.9 Å². The average molecular weight is 943 g/mol. The van der Waals surface area contributed by atoms with E-state index in [9.17, 15) is 9.59 Å². The molecule has 0 aliphatic rings. The van der Waals surface area contributed by atoms with Crippen molar-refractivity contribution in [2.75, 3.05) is 19.7 Å². The standard InChI is InChI=1S/C39H78BN2O4PS.Ac/c1-4-7-10-13-15-17-18-20-21-24-27-30-38(43)42-36(35-45-48-47-40)34-41-33-32-37(29-26-23-12-9-6-3)46-39(44)31-28-25-22-19-16-14-11-8-5-2;/h36-37,40,47H,4-35H2,1-3H3,(H,42,43);/q-1;/t36-,37-,47?;/m1./s1/i40T,47D;. The van der Waals surface area contributed by atoms with Crippen molar-refractivity contribution in [1.29, 1.82) is 2.61 Å². The zero-order valence-electron chi connectivity index (χ0n) is 34.4. The maximum absolute atomic E-state index is 12.8.